The molecular weight excluding hydrogens is 520 g/mol. The molecule has 0 saturated heterocycles. The van der Waals surface area contributed by atoms with Gasteiger partial charge in [-0.1, -0.05) is 48.5 Å². The van der Waals surface area contributed by atoms with Crippen molar-refractivity contribution in [2.24, 2.45) is 0 Å². The Kier molecular flexibility index (Phi) is 4.80. The second-order valence-corrected chi connectivity index (χ2v) is 10.3. The van der Waals surface area contributed by atoms with Gasteiger partial charge in [0, 0.05) is 23.2 Å². The quantitative estimate of drug-likeness (QED) is 0.203. The Morgan fingerprint density at radius 2 is 0.690 bits per heavy atom. The molecule has 0 unspecified atom stereocenters. The van der Waals surface area contributed by atoms with Crippen LogP contribution in [0.1, 0.15) is 0 Å². The van der Waals surface area contributed by atoms with E-state index in [1.54, 1.807) is 0 Å². The predicted octanol–water partition coefficient (Wildman–Crippen LogP) is 9.93. The maximum Gasteiger partial charge on any atom is 0.151 e. The number of para-hydroxylation sites is 8. The smallest absolute Gasteiger partial charge is 0.151 e. The molecule has 0 aliphatic carbocycles. The summed E-state index contributed by atoms with van der Waals surface area (Å²) in [6.07, 6.45) is 3.73. The van der Waals surface area contributed by atoms with Gasteiger partial charge in [0.25, 0.3) is 0 Å². The SMILES string of the molecule is c1ccc2c(c1)Oc1ccccc1N2c1ccnc2c1ccc1c(N3c4ccccc4Oc4ccccc43)ccnc12. The van der Waals surface area contributed by atoms with E-state index in [4.69, 9.17) is 19.4 Å². The summed E-state index contributed by atoms with van der Waals surface area (Å²) >= 11 is 0. The molecule has 6 nitrogen and oxygen atoms in total. The summed E-state index contributed by atoms with van der Waals surface area (Å²) in [6, 6.07) is 40.9. The molecule has 2 aromatic heterocycles. The van der Waals surface area contributed by atoms with E-state index in [-0.39, 0.29) is 0 Å². The molecule has 0 amide bonds. The minimum atomic E-state index is 0.812. The second-order valence-electron chi connectivity index (χ2n) is 10.3. The third kappa shape index (κ3) is 3.26. The first kappa shape index (κ1) is 22.9. The lowest BCUT2D eigenvalue weighted by atomic mass is 10.0. The Labute approximate surface area is 241 Å². The Balaban J connectivity index is 1.28. The lowest BCUT2D eigenvalue weighted by Crippen LogP contribution is -2.16. The summed E-state index contributed by atoms with van der Waals surface area (Å²) in [5.41, 5.74) is 7.61. The van der Waals surface area contributed by atoms with Crippen LogP contribution in [0.25, 0.3) is 21.8 Å². The highest BCUT2D eigenvalue weighted by molar-refractivity contribution is 6.13. The van der Waals surface area contributed by atoms with Crippen molar-refractivity contribution in [1.29, 1.82) is 0 Å². The van der Waals surface area contributed by atoms with Gasteiger partial charge in [-0.3, -0.25) is 9.97 Å². The van der Waals surface area contributed by atoms with Crippen molar-refractivity contribution >= 4 is 55.9 Å². The molecule has 4 heterocycles. The summed E-state index contributed by atoms with van der Waals surface area (Å²) in [7, 11) is 0. The maximum atomic E-state index is 6.27. The molecule has 2 aliphatic heterocycles. The average molecular weight is 543 g/mol. The molecule has 9 rings (SSSR count). The van der Waals surface area contributed by atoms with E-state index >= 15 is 0 Å². The van der Waals surface area contributed by atoms with E-state index in [1.165, 1.54) is 0 Å². The molecule has 0 spiro atoms. The fourth-order valence-corrected chi connectivity index (χ4v) is 6.12. The first-order valence-electron chi connectivity index (χ1n) is 13.8. The highest BCUT2D eigenvalue weighted by Crippen LogP contribution is 2.53. The predicted molar refractivity (Wildman–Crippen MR) is 167 cm³/mol. The lowest BCUT2D eigenvalue weighted by Gasteiger charge is -2.34. The van der Waals surface area contributed by atoms with Gasteiger partial charge in [0.05, 0.1) is 45.2 Å². The van der Waals surface area contributed by atoms with Crippen molar-refractivity contribution in [3.8, 4) is 23.0 Å². The number of aromatic nitrogens is 2. The van der Waals surface area contributed by atoms with Crippen molar-refractivity contribution < 1.29 is 9.47 Å². The molecular formula is C36H22N4O2. The van der Waals surface area contributed by atoms with Crippen LogP contribution in [0.5, 0.6) is 23.0 Å². The summed E-state index contributed by atoms with van der Waals surface area (Å²) in [4.78, 5) is 14.3. The minimum Gasteiger partial charge on any atom is -0.453 e. The van der Waals surface area contributed by atoms with Crippen LogP contribution in [0.2, 0.25) is 0 Å². The van der Waals surface area contributed by atoms with Crippen LogP contribution in [-0.2, 0) is 0 Å². The van der Waals surface area contributed by atoms with E-state index < -0.39 is 0 Å². The molecule has 0 atom stereocenters. The van der Waals surface area contributed by atoms with E-state index in [1.807, 2.05) is 85.2 Å². The molecule has 198 valence electrons. The third-order valence-electron chi connectivity index (χ3n) is 7.92. The van der Waals surface area contributed by atoms with E-state index in [9.17, 15) is 0 Å². The van der Waals surface area contributed by atoms with Gasteiger partial charge in [-0.2, -0.15) is 0 Å². The van der Waals surface area contributed by atoms with Crippen LogP contribution in [-0.4, -0.2) is 9.97 Å². The largest absolute Gasteiger partial charge is 0.453 e. The Hall–Kier alpha value is -5.88. The van der Waals surface area contributed by atoms with Crippen molar-refractivity contribution in [3.05, 3.63) is 134 Å². The number of nitrogens with zero attached hydrogens (tertiary/aromatic N) is 4. The molecule has 7 aromatic rings. The molecule has 5 aromatic carbocycles. The van der Waals surface area contributed by atoms with Gasteiger partial charge < -0.3 is 19.3 Å². The topological polar surface area (TPSA) is 50.7 Å². The standard InChI is InChI=1S/C36H22N4O2/c1-5-13-31-27(9-1)39(28-10-2-6-14-32(28)41-31)25-19-21-37-35-23(25)17-18-24-26(20-22-38-36(24)35)40-29-11-3-7-15-33(29)42-34-16-8-4-12-30(34)40/h1-22H. The first-order valence-corrected chi connectivity index (χ1v) is 13.8. The summed E-state index contributed by atoms with van der Waals surface area (Å²) < 4.78 is 12.5. The normalized spacial score (nSPS) is 13.0. The number of hydrogen-bond acceptors (Lipinski definition) is 6. The molecule has 0 bridgehead atoms. The molecule has 0 saturated carbocycles. The molecule has 0 radical (unpaired) electrons. The number of anilines is 6. The minimum absolute atomic E-state index is 0.812. The van der Waals surface area contributed by atoms with E-state index in [0.29, 0.717) is 0 Å². The van der Waals surface area contributed by atoms with Gasteiger partial charge in [-0.15, -0.1) is 0 Å². The van der Waals surface area contributed by atoms with E-state index in [0.717, 1.165) is 78.9 Å². The molecule has 0 fully saturated rings. The van der Waals surface area contributed by atoms with Gasteiger partial charge in [0.1, 0.15) is 0 Å². The maximum absolute atomic E-state index is 6.27. The number of benzene rings is 5. The number of fused-ring (bicyclic) bond motifs is 7. The van der Waals surface area contributed by atoms with Crippen molar-refractivity contribution in [1.82, 2.24) is 9.97 Å². The summed E-state index contributed by atoms with van der Waals surface area (Å²) in [5.74, 6) is 3.25. The van der Waals surface area contributed by atoms with Gasteiger partial charge in [0.15, 0.2) is 23.0 Å². The third-order valence-corrected chi connectivity index (χ3v) is 7.92. The number of ether oxygens (including phenoxy) is 2. The van der Waals surface area contributed by atoms with Gasteiger partial charge >= 0.3 is 0 Å². The fourth-order valence-electron chi connectivity index (χ4n) is 6.12. The monoisotopic (exact) mass is 542 g/mol. The van der Waals surface area contributed by atoms with Crippen LogP contribution in [0.3, 0.4) is 0 Å². The van der Waals surface area contributed by atoms with Crippen molar-refractivity contribution in [2.45, 2.75) is 0 Å². The van der Waals surface area contributed by atoms with E-state index in [2.05, 4.69) is 58.3 Å². The van der Waals surface area contributed by atoms with Crippen molar-refractivity contribution in [3.63, 3.8) is 0 Å². The van der Waals surface area contributed by atoms with Crippen LogP contribution in [0, 0.1) is 0 Å². The molecule has 42 heavy (non-hydrogen) atoms. The van der Waals surface area contributed by atoms with Crippen molar-refractivity contribution in [2.75, 3.05) is 9.80 Å². The number of pyridine rings is 2. The zero-order valence-corrected chi connectivity index (χ0v) is 22.3. The Bertz CT molecular complexity index is 1950. The first-order chi connectivity index (χ1) is 20.8. The summed E-state index contributed by atoms with van der Waals surface area (Å²) in [6.45, 7) is 0. The van der Waals surface area contributed by atoms with Crippen LogP contribution in [0.15, 0.2) is 134 Å². The summed E-state index contributed by atoms with van der Waals surface area (Å²) in [5, 5.41) is 2.01. The Morgan fingerprint density at radius 1 is 0.357 bits per heavy atom. The number of rotatable bonds is 2. The fraction of sp³-hybridized carbons (Fsp3) is 0. The average Bonchev–Trinajstić information content (AvgIpc) is 3.05. The second kappa shape index (κ2) is 8.81. The highest BCUT2D eigenvalue weighted by Gasteiger charge is 2.29. The Morgan fingerprint density at radius 3 is 1.05 bits per heavy atom. The van der Waals surface area contributed by atoms with Gasteiger partial charge in [-0.05, 0) is 72.8 Å². The van der Waals surface area contributed by atoms with Crippen LogP contribution < -0.4 is 19.3 Å². The van der Waals surface area contributed by atoms with Crippen LogP contribution in [0.4, 0.5) is 34.1 Å². The number of hydrogen-bond donors (Lipinski definition) is 0. The molecule has 6 heteroatoms. The molecule has 0 N–H and O–H groups in total. The zero-order chi connectivity index (χ0) is 27.6. The van der Waals surface area contributed by atoms with Gasteiger partial charge in [-0.25, -0.2) is 0 Å². The van der Waals surface area contributed by atoms with Gasteiger partial charge in [0.2, 0.25) is 0 Å². The lowest BCUT2D eigenvalue weighted by molar-refractivity contribution is 0.477. The highest BCUT2D eigenvalue weighted by atomic mass is 16.5. The zero-order valence-electron chi connectivity index (χ0n) is 22.3. The molecule has 2 aliphatic rings. The van der Waals surface area contributed by atoms with Crippen LogP contribution >= 0.6 is 0 Å².